The summed E-state index contributed by atoms with van der Waals surface area (Å²) < 4.78 is 5.96. The van der Waals surface area contributed by atoms with Crippen molar-refractivity contribution in [3.8, 4) is 11.5 Å². The summed E-state index contributed by atoms with van der Waals surface area (Å²) in [5, 5.41) is 3.35. The molecule has 0 atom stereocenters. The van der Waals surface area contributed by atoms with Crippen molar-refractivity contribution in [3.63, 3.8) is 0 Å². The molecule has 25 heavy (non-hydrogen) atoms. The number of para-hydroxylation sites is 1. The number of aromatic amines is 1. The number of H-pyrrole nitrogens is 1. The number of nitrogens with one attached hydrogen (secondary N) is 2. The summed E-state index contributed by atoms with van der Waals surface area (Å²) in [6.07, 6.45) is 0. The molecule has 7 heteroatoms. The molecule has 1 aromatic heterocycles. The standard InChI is InChI=1S/C18H19N5O2/c1-21-18(20)23-17(24)14-9-12-5-3-7-15(16(12)22-14)25-13-6-2-4-11(8-13)10-19/h2-9,22H,10,19H2,1H3,(H3,20,21,23,24). The van der Waals surface area contributed by atoms with Gasteiger partial charge in [-0.2, -0.15) is 0 Å². The third kappa shape index (κ3) is 3.61. The van der Waals surface area contributed by atoms with Crippen LogP contribution in [-0.2, 0) is 6.54 Å². The molecule has 3 rings (SSSR count). The molecule has 0 bridgehead atoms. The second kappa shape index (κ2) is 7.06. The minimum Gasteiger partial charge on any atom is -0.455 e. The van der Waals surface area contributed by atoms with Crippen LogP contribution in [0.5, 0.6) is 11.5 Å². The predicted molar refractivity (Wildman–Crippen MR) is 97.7 cm³/mol. The first-order valence-electron chi connectivity index (χ1n) is 7.73. The molecular weight excluding hydrogens is 318 g/mol. The topological polar surface area (TPSA) is 119 Å². The third-order valence-corrected chi connectivity index (χ3v) is 3.71. The maximum atomic E-state index is 12.2. The van der Waals surface area contributed by atoms with E-state index in [4.69, 9.17) is 16.2 Å². The van der Waals surface area contributed by atoms with Crippen LogP contribution in [0.4, 0.5) is 0 Å². The Kier molecular flexibility index (Phi) is 4.67. The first kappa shape index (κ1) is 16.5. The highest BCUT2D eigenvalue weighted by molar-refractivity contribution is 6.07. The molecule has 1 amide bonds. The van der Waals surface area contributed by atoms with Gasteiger partial charge in [0.2, 0.25) is 0 Å². The summed E-state index contributed by atoms with van der Waals surface area (Å²) in [4.78, 5) is 19.0. The normalized spacial score (nSPS) is 11.5. The fraction of sp³-hybridized carbons (Fsp3) is 0.111. The summed E-state index contributed by atoms with van der Waals surface area (Å²) in [7, 11) is 1.50. The third-order valence-electron chi connectivity index (χ3n) is 3.71. The molecule has 1 heterocycles. The van der Waals surface area contributed by atoms with Crippen molar-refractivity contribution in [1.29, 1.82) is 0 Å². The molecule has 0 aliphatic rings. The Morgan fingerprint density at radius 2 is 2.04 bits per heavy atom. The number of hydrogen-bond donors (Lipinski definition) is 4. The second-order valence-electron chi connectivity index (χ2n) is 5.42. The average molecular weight is 337 g/mol. The van der Waals surface area contributed by atoms with Crippen LogP contribution in [0.2, 0.25) is 0 Å². The molecular formula is C18H19N5O2. The molecule has 0 saturated carbocycles. The highest BCUT2D eigenvalue weighted by atomic mass is 16.5. The Hall–Kier alpha value is -3.32. The van der Waals surface area contributed by atoms with Crippen LogP contribution in [0, 0.1) is 0 Å². The number of carbonyl (C=O) groups excluding carboxylic acids is 1. The lowest BCUT2D eigenvalue weighted by Crippen LogP contribution is -2.36. The predicted octanol–water partition coefficient (Wildman–Crippen LogP) is 2.09. The van der Waals surface area contributed by atoms with Crippen LogP contribution in [0.3, 0.4) is 0 Å². The number of carbonyl (C=O) groups is 1. The summed E-state index contributed by atoms with van der Waals surface area (Å²) >= 11 is 0. The van der Waals surface area contributed by atoms with E-state index in [-0.39, 0.29) is 11.9 Å². The van der Waals surface area contributed by atoms with Crippen LogP contribution < -0.4 is 21.5 Å². The van der Waals surface area contributed by atoms with Crippen molar-refractivity contribution < 1.29 is 9.53 Å². The lowest BCUT2D eigenvalue weighted by atomic mass is 10.2. The SMILES string of the molecule is CN=C(N)NC(=O)c1cc2cccc(Oc3cccc(CN)c3)c2[nH]1. The van der Waals surface area contributed by atoms with E-state index in [0.29, 0.717) is 23.7 Å². The quantitative estimate of drug-likeness (QED) is 0.430. The number of ether oxygens (including phenoxy) is 1. The minimum atomic E-state index is -0.365. The molecule has 0 aliphatic heterocycles. The van der Waals surface area contributed by atoms with Gasteiger partial charge in [-0.25, -0.2) is 0 Å². The molecule has 0 radical (unpaired) electrons. The first-order valence-corrected chi connectivity index (χ1v) is 7.73. The Balaban J connectivity index is 1.92. The lowest BCUT2D eigenvalue weighted by molar-refractivity contribution is 0.0972. The number of rotatable bonds is 4. The van der Waals surface area contributed by atoms with Gasteiger partial charge >= 0.3 is 0 Å². The Morgan fingerprint density at radius 1 is 1.24 bits per heavy atom. The largest absolute Gasteiger partial charge is 0.455 e. The summed E-state index contributed by atoms with van der Waals surface area (Å²) in [5.41, 5.74) is 13.3. The fourth-order valence-corrected chi connectivity index (χ4v) is 2.44. The van der Waals surface area contributed by atoms with Crippen molar-refractivity contribution in [2.24, 2.45) is 16.5 Å². The molecule has 3 aromatic rings. The van der Waals surface area contributed by atoms with Crippen LogP contribution in [-0.4, -0.2) is 23.9 Å². The van der Waals surface area contributed by atoms with E-state index in [1.807, 2.05) is 42.5 Å². The molecule has 6 N–H and O–H groups in total. The fourth-order valence-electron chi connectivity index (χ4n) is 2.44. The Morgan fingerprint density at radius 3 is 2.80 bits per heavy atom. The Bertz CT molecular complexity index is 946. The van der Waals surface area contributed by atoms with E-state index >= 15 is 0 Å². The second-order valence-corrected chi connectivity index (χ2v) is 5.42. The molecule has 0 saturated heterocycles. The number of benzene rings is 2. The highest BCUT2D eigenvalue weighted by Gasteiger charge is 2.13. The molecule has 0 unspecified atom stereocenters. The van der Waals surface area contributed by atoms with Crippen LogP contribution in [0.1, 0.15) is 16.1 Å². The molecule has 2 aromatic carbocycles. The number of nitrogens with zero attached hydrogens (tertiary/aromatic N) is 1. The number of guanidine groups is 1. The van der Waals surface area contributed by atoms with Crippen LogP contribution in [0.15, 0.2) is 53.5 Å². The van der Waals surface area contributed by atoms with Crippen molar-refractivity contribution in [1.82, 2.24) is 10.3 Å². The number of amides is 1. The minimum absolute atomic E-state index is 0.0544. The van der Waals surface area contributed by atoms with Gasteiger partial charge < -0.3 is 21.2 Å². The number of hydrogen-bond acceptors (Lipinski definition) is 4. The monoisotopic (exact) mass is 337 g/mol. The van der Waals surface area contributed by atoms with E-state index in [2.05, 4.69) is 15.3 Å². The van der Waals surface area contributed by atoms with Gasteiger partial charge in [-0.05, 0) is 29.8 Å². The zero-order valence-electron chi connectivity index (χ0n) is 13.7. The van der Waals surface area contributed by atoms with Gasteiger partial charge in [-0.1, -0.05) is 24.3 Å². The number of aliphatic imine (C=N–C) groups is 1. The lowest BCUT2D eigenvalue weighted by Gasteiger charge is -2.08. The number of nitrogens with two attached hydrogens (primary N) is 2. The average Bonchev–Trinajstić information content (AvgIpc) is 3.07. The van der Waals surface area contributed by atoms with Gasteiger partial charge in [0.15, 0.2) is 11.7 Å². The van der Waals surface area contributed by atoms with Crippen LogP contribution >= 0.6 is 0 Å². The molecule has 7 nitrogen and oxygen atoms in total. The smallest absolute Gasteiger partial charge is 0.274 e. The summed E-state index contributed by atoms with van der Waals surface area (Å²) in [6, 6.07) is 14.9. The highest BCUT2D eigenvalue weighted by Crippen LogP contribution is 2.30. The van der Waals surface area contributed by atoms with Crippen molar-refractivity contribution in [2.45, 2.75) is 6.54 Å². The summed E-state index contributed by atoms with van der Waals surface area (Å²) in [5.74, 6) is 0.982. The van der Waals surface area contributed by atoms with Crippen molar-refractivity contribution in [2.75, 3.05) is 7.05 Å². The summed E-state index contributed by atoms with van der Waals surface area (Å²) in [6.45, 7) is 0.439. The van der Waals surface area contributed by atoms with E-state index in [1.54, 1.807) is 6.07 Å². The Labute approximate surface area is 144 Å². The van der Waals surface area contributed by atoms with Gasteiger partial charge in [0.25, 0.3) is 5.91 Å². The molecule has 0 fully saturated rings. The molecule has 0 aliphatic carbocycles. The van der Waals surface area contributed by atoms with Crippen LogP contribution in [0.25, 0.3) is 10.9 Å². The number of fused-ring (bicyclic) bond motifs is 1. The van der Waals surface area contributed by atoms with Gasteiger partial charge in [0.1, 0.15) is 11.4 Å². The van der Waals surface area contributed by atoms with E-state index in [1.165, 1.54) is 7.05 Å². The van der Waals surface area contributed by atoms with Crippen molar-refractivity contribution >= 4 is 22.8 Å². The molecule has 0 spiro atoms. The van der Waals surface area contributed by atoms with E-state index in [0.717, 1.165) is 16.5 Å². The van der Waals surface area contributed by atoms with Crippen molar-refractivity contribution in [3.05, 3.63) is 59.8 Å². The van der Waals surface area contributed by atoms with E-state index < -0.39 is 0 Å². The maximum Gasteiger partial charge on any atom is 0.274 e. The van der Waals surface area contributed by atoms with Gasteiger partial charge in [0, 0.05) is 19.0 Å². The first-order chi connectivity index (χ1) is 12.1. The van der Waals surface area contributed by atoms with Gasteiger partial charge in [0.05, 0.1) is 5.52 Å². The zero-order valence-corrected chi connectivity index (χ0v) is 13.7. The maximum absolute atomic E-state index is 12.2. The molecule has 128 valence electrons. The van der Waals surface area contributed by atoms with Gasteiger partial charge in [-0.15, -0.1) is 0 Å². The van der Waals surface area contributed by atoms with E-state index in [9.17, 15) is 4.79 Å². The number of aromatic nitrogens is 1. The zero-order chi connectivity index (χ0) is 17.8. The van der Waals surface area contributed by atoms with Gasteiger partial charge in [-0.3, -0.25) is 15.1 Å².